The Kier molecular flexibility index (Phi) is 8.77. The van der Waals surface area contributed by atoms with Gasteiger partial charge in [0.05, 0.1) is 11.3 Å². The number of ketones is 1. The van der Waals surface area contributed by atoms with Crippen LogP contribution in [0.4, 0.5) is 0 Å². The van der Waals surface area contributed by atoms with Crippen LogP contribution in [0, 0.1) is 5.41 Å². The summed E-state index contributed by atoms with van der Waals surface area (Å²) in [6, 6.07) is 0. The van der Waals surface area contributed by atoms with E-state index in [4.69, 9.17) is 4.74 Å². The van der Waals surface area contributed by atoms with Crippen molar-refractivity contribution in [1.29, 1.82) is 0 Å². The molecule has 0 aliphatic heterocycles. The van der Waals surface area contributed by atoms with Gasteiger partial charge in [0.15, 0.2) is 0 Å². The van der Waals surface area contributed by atoms with Crippen LogP contribution in [0.25, 0.3) is 0 Å². The summed E-state index contributed by atoms with van der Waals surface area (Å²) < 4.78 is 7.90. The fourth-order valence-electron chi connectivity index (χ4n) is 3.08. The summed E-state index contributed by atoms with van der Waals surface area (Å²) in [5.74, 6) is 0.180. The number of aryl methyl sites for hydroxylation is 2. The molecule has 0 aromatic carbocycles. The molecular weight excluding hydrogens is 314 g/mol. The first-order valence-electron chi connectivity index (χ1n) is 9.66. The number of carbonyl (C=O) groups excluding carboxylic acids is 1. The van der Waals surface area contributed by atoms with Gasteiger partial charge in [0, 0.05) is 25.8 Å². The van der Waals surface area contributed by atoms with Gasteiger partial charge in [-0.3, -0.25) is 9.48 Å². The summed E-state index contributed by atoms with van der Waals surface area (Å²) in [4.78, 5) is 11.3. The quantitative estimate of drug-likeness (QED) is 0.488. The highest BCUT2D eigenvalue weighted by Crippen LogP contribution is 2.28. The minimum absolute atomic E-state index is 0.180. The molecule has 0 N–H and O–H groups in total. The molecule has 1 rings (SSSR count). The predicted octanol–water partition coefficient (Wildman–Crippen LogP) is 4.59. The summed E-state index contributed by atoms with van der Waals surface area (Å²) in [7, 11) is 0. The SMILES string of the molecule is CCCc1cn(CCCCC(C)(C)CCOC(C)(C)CC(C)=O)nn1. The van der Waals surface area contributed by atoms with Crippen molar-refractivity contribution in [2.24, 2.45) is 5.41 Å². The molecule has 0 fully saturated rings. The van der Waals surface area contributed by atoms with Gasteiger partial charge in [-0.1, -0.05) is 38.8 Å². The van der Waals surface area contributed by atoms with Gasteiger partial charge in [-0.15, -0.1) is 5.10 Å². The van der Waals surface area contributed by atoms with Gasteiger partial charge in [-0.25, -0.2) is 0 Å². The normalized spacial score (nSPS) is 12.6. The monoisotopic (exact) mass is 351 g/mol. The Morgan fingerprint density at radius 2 is 1.92 bits per heavy atom. The molecule has 25 heavy (non-hydrogen) atoms. The fraction of sp³-hybridized carbons (Fsp3) is 0.850. The van der Waals surface area contributed by atoms with Crippen LogP contribution < -0.4 is 0 Å². The molecule has 0 atom stereocenters. The van der Waals surface area contributed by atoms with Crippen molar-refractivity contribution < 1.29 is 9.53 Å². The van der Waals surface area contributed by atoms with Crippen molar-refractivity contribution in [2.45, 2.75) is 98.6 Å². The van der Waals surface area contributed by atoms with E-state index in [0.717, 1.165) is 37.9 Å². The highest BCUT2D eigenvalue weighted by molar-refractivity contribution is 5.76. The number of unbranched alkanes of at least 4 members (excludes halogenated alkanes) is 1. The van der Waals surface area contributed by atoms with Crippen LogP contribution in [0.5, 0.6) is 0 Å². The molecule has 0 aliphatic carbocycles. The van der Waals surface area contributed by atoms with Crippen molar-refractivity contribution >= 4 is 5.78 Å². The standard InChI is InChI=1S/C20H37N3O2/c1-7-10-18-16-23(22-21-18)13-9-8-11-19(3,4)12-14-25-20(5,6)15-17(2)24/h16H,7-15H2,1-6H3. The molecule has 0 radical (unpaired) electrons. The van der Waals surface area contributed by atoms with E-state index < -0.39 is 0 Å². The largest absolute Gasteiger partial charge is 0.375 e. The molecule has 5 nitrogen and oxygen atoms in total. The van der Waals surface area contributed by atoms with Crippen LogP contribution in [0.1, 0.15) is 85.8 Å². The molecule has 1 aromatic heterocycles. The summed E-state index contributed by atoms with van der Waals surface area (Å²) in [5.41, 5.74) is 0.987. The van der Waals surface area contributed by atoms with Crippen molar-refractivity contribution in [3.8, 4) is 0 Å². The van der Waals surface area contributed by atoms with Gasteiger partial charge in [0.25, 0.3) is 0 Å². The van der Waals surface area contributed by atoms with E-state index in [-0.39, 0.29) is 16.8 Å². The topological polar surface area (TPSA) is 57.0 Å². The van der Waals surface area contributed by atoms with Gasteiger partial charge >= 0.3 is 0 Å². The zero-order chi connectivity index (χ0) is 18.9. The third kappa shape index (κ3) is 9.73. The predicted molar refractivity (Wildman–Crippen MR) is 102 cm³/mol. The maximum Gasteiger partial charge on any atom is 0.132 e. The molecule has 0 saturated carbocycles. The number of hydrogen-bond acceptors (Lipinski definition) is 4. The molecule has 0 amide bonds. The zero-order valence-electron chi connectivity index (χ0n) is 17.1. The number of carbonyl (C=O) groups is 1. The number of ether oxygens (including phenoxy) is 1. The highest BCUT2D eigenvalue weighted by atomic mass is 16.5. The summed E-state index contributed by atoms with van der Waals surface area (Å²) in [5, 5.41) is 8.38. The van der Waals surface area contributed by atoms with E-state index in [0.29, 0.717) is 13.0 Å². The molecule has 0 saturated heterocycles. The maximum atomic E-state index is 11.3. The smallest absolute Gasteiger partial charge is 0.132 e. The van der Waals surface area contributed by atoms with E-state index in [2.05, 4.69) is 37.3 Å². The second-order valence-corrected chi connectivity index (χ2v) is 8.58. The minimum Gasteiger partial charge on any atom is -0.375 e. The second-order valence-electron chi connectivity index (χ2n) is 8.58. The average Bonchev–Trinajstić information content (AvgIpc) is 2.90. The number of hydrogen-bond donors (Lipinski definition) is 0. The minimum atomic E-state index is -0.356. The average molecular weight is 352 g/mol. The molecule has 1 heterocycles. The number of Topliss-reactive ketones (excluding diaryl/α,β-unsaturated/α-hetero) is 1. The Bertz CT molecular complexity index is 521. The van der Waals surface area contributed by atoms with Crippen LogP contribution in [0.2, 0.25) is 0 Å². The lowest BCUT2D eigenvalue weighted by Crippen LogP contribution is -2.29. The van der Waals surface area contributed by atoms with E-state index in [1.54, 1.807) is 6.92 Å². The Morgan fingerprint density at radius 1 is 1.20 bits per heavy atom. The van der Waals surface area contributed by atoms with Crippen molar-refractivity contribution in [3.05, 3.63) is 11.9 Å². The van der Waals surface area contributed by atoms with Crippen molar-refractivity contribution in [1.82, 2.24) is 15.0 Å². The Balaban J connectivity index is 2.22. The Morgan fingerprint density at radius 3 is 2.56 bits per heavy atom. The Labute approximate surface area is 153 Å². The van der Waals surface area contributed by atoms with E-state index >= 15 is 0 Å². The second kappa shape index (κ2) is 10.0. The van der Waals surface area contributed by atoms with Gasteiger partial charge < -0.3 is 4.74 Å². The van der Waals surface area contributed by atoms with E-state index in [9.17, 15) is 4.79 Å². The Hall–Kier alpha value is -1.23. The van der Waals surface area contributed by atoms with Gasteiger partial charge in [0.2, 0.25) is 0 Å². The summed E-state index contributed by atoms with van der Waals surface area (Å²) in [6.45, 7) is 14.0. The maximum absolute atomic E-state index is 11.3. The van der Waals surface area contributed by atoms with Crippen LogP contribution in [-0.2, 0) is 22.5 Å². The molecule has 0 bridgehead atoms. The molecule has 1 aromatic rings. The number of aromatic nitrogens is 3. The summed E-state index contributed by atoms with van der Waals surface area (Å²) in [6.07, 6.45) is 9.14. The van der Waals surface area contributed by atoms with Crippen LogP contribution in [0.15, 0.2) is 6.20 Å². The molecular formula is C20H37N3O2. The van der Waals surface area contributed by atoms with Gasteiger partial charge in [-0.2, -0.15) is 0 Å². The van der Waals surface area contributed by atoms with Gasteiger partial charge in [-0.05, 0) is 51.9 Å². The van der Waals surface area contributed by atoms with E-state index in [1.165, 1.54) is 12.8 Å². The summed E-state index contributed by atoms with van der Waals surface area (Å²) >= 11 is 0. The zero-order valence-corrected chi connectivity index (χ0v) is 17.1. The van der Waals surface area contributed by atoms with Crippen LogP contribution in [0.3, 0.4) is 0 Å². The molecule has 0 aliphatic rings. The lowest BCUT2D eigenvalue weighted by atomic mass is 9.84. The number of rotatable bonds is 13. The third-order valence-electron chi connectivity index (χ3n) is 4.53. The van der Waals surface area contributed by atoms with Crippen molar-refractivity contribution in [3.63, 3.8) is 0 Å². The van der Waals surface area contributed by atoms with E-state index in [1.807, 2.05) is 18.5 Å². The molecule has 0 unspecified atom stereocenters. The molecule has 144 valence electrons. The molecule has 0 spiro atoms. The van der Waals surface area contributed by atoms with Gasteiger partial charge in [0.1, 0.15) is 5.78 Å². The van der Waals surface area contributed by atoms with Crippen LogP contribution in [-0.4, -0.2) is 33.0 Å². The van der Waals surface area contributed by atoms with Crippen LogP contribution >= 0.6 is 0 Å². The third-order valence-corrected chi connectivity index (χ3v) is 4.53. The lowest BCUT2D eigenvalue weighted by molar-refractivity contribution is -0.123. The highest BCUT2D eigenvalue weighted by Gasteiger charge is 2.23. The first-order chi connectivity index (χ1) is 11.6. The number of nitrogens with zero attached hydrogens (tertiary/aromatic N) is 3. The fourth-order valence-corrected chi connectivity index (χ4v) is 3.08. The first-order valence-corrected chi connectivity index (χ1v) is 9.66. The van der Waals surface area contributed by atoms with Crippen molar-refractivity contribution in [2.75, 3.05) is 6.61 Å². The lowest BCUT2D eigenvalue weighted by Gasteiger charge is -2.29. The molecule has 5 heteroatoms. The first kappa shape index (κ1) is 21.8.